The van der Waals surface area contributed by atoms with Crippen LogP contribution in [0.2, 0.25) is 5.02 Å². The van der Waals surface area contributed by atoms with Crippen molar-refractivity contribution in [2.45, 2.75) is 31.2 Å². The molecule has 0 saturated heterocycles. The van der Waals surface area contributed by atoms with Crippen LogP contribution >= 0.6 is 23.4 Å². The maximum atomic E-state index is 12.2. The first-order valence-corrected chi connectivity index (χ1v) is 10.7. The van der Waals surface area contributed by atoms with Crippen molar-refractivity contribution in [3.05, 3.63) is 29.3 Å². The minimum Gasteiger partial charge on any atom is -0.355 e. The van der Waals surface area contributed by atoms with Crippen LogP contribution in [0, 0.1) is 0 Å². The van der Waals surface area contributed by atoms with E-state index in [-0.39, 0.29) is 30.4 Å². The number of nitrogens with zero attached hydrogens (tertiary/aromatic N) is 3. The molecule has 1 aromatic carbocycles. The summed E-state index contributed by atoms with van der Waals surface area (Å²) < 4.78 is 0. The zero-order valence-corrected chi connectivity index (χ0v) is 19.7. The summed E-state index contributed by atoms with van der Waals surface area (Å²) >= 11 is 7.59. The molecule has 1 aromatic rings. The number of guanidine groups is 1. The van der Waals surface area contributed by atoms with Gasteiger partial charge >= 0.3 is 0 Å². The van der Waals surface area contributed by atoms with Crippen molar-refractivity contribution in [2.75, 3.05) is 46.5 Å². The predicted molar refractivity (Wildman–Crippen MR) is 122 cm³/mol. The van der Waals surface area contributed by atoms with Gasteiger partial charge in [0.25, 0.3) is 0 Å². The first-order valence-electron chi connectivity index (χ1n) is 9.37. The number of likely N-dealkylation sites (N-methyl/N-ethyl adjacent to an activating group) is 2. The van der Waals surface area contributed by atoms with Crippen molar-refractivity contribution in [3.63, 3.8) is 0 Å². The van der Waals surface area contributed by atoms with Gasteiger partial charge in [0, 0.05) is 48.9 Å². The monoisotopic (exact) mass is 441 g/mol. The van der Waals surface area contributed by atoms with E-state index < -0.39 is 0 Å². The van der Waals surface area contributed by atoms with Gasteiger partial charge in [0.2, 0.25) is 11.8 Å². The molecule has 0 aromatic heterocycles. The van der Waals surface area contributed by atoms with Crippen LogP contribution in [0.4, 0.5) is 0 Å². The van der Waals surface area contributed by atoms with Gasteiger partial charge in [0.15, 0.2) is 5.96 Å². The molecule has 162 valence electrons. The largest absolute Gasteiger partial charge is 0.355 e. The number of hydrogen-bond donors (Lipinski definition) is 2. The van der Waals surface area contributed by atoms with E-state index in [1.165, 1.54) is 4.90 Å². The molecule has 0 fully saturated rings. The molecular formula is C20H32ClN5O2S. The zero-order valence-electron chi connectivity index (χ0n) is 18.1. The molecule has 29 heavy (non-hydrogen) atoms. The van der Waals surface area contributed by atoms with Crippen LogP contribution in [0.15, 0.2) is 34.2 Å². The number of amides is 2. The number of carbonyl (C=O) groups is 2. The van der Waals surface area contributed by atoms with Crippen molar-refractivity contribution >= 4 is 41.1 Å². The van der Waals surface area contributed by atoms with E-state index in [2.05, 4.69) is 15.6 Å². The Morgan fingerprint density at radius 3 is 2.31 bits per heavy atom. The molecule has 0 atom stereocenters. The number of halogens is 1. The molecular weight excluding hydrogens is 410 g/mol. The van der Waals surface area contributed by atoms with Crippen LogP contribution in [-0.4, -0.2) is 79.6 Å². The van der Waals surface area contributed by atoms with Gasteiger partial charge in [-0.1, -0.05) is 11.6 Å². The topological polar surface area (TPSA) is 77.0 Å². The molecule has 0 aliphatic carbocycles. The Labute approximate surface area is 183 Å². The van der Waals surface area contributed by atoms with E-state index in [0.29, 0.717) is 17.5 Å². The fourth-order valence-electron chi connectivity index (χ4n) is 2.21. The van der Waals surface area contributed by atoms with Crippen LogP contribution in [0.25, 0.3) is 0 Å². The van der Waals surface area contributed by atoms with Crippen LogP contribution < -0.4 is 10.6 Å². The molecule has 0 saturated carbocycles. The van der Waals surface area contributed by atoms with Gasteiger partial charge < -0.3 is 20.4 Å². The summed E-state index contributed by atoms with van der Waals surface area (Å²) in [6, 6.07) is 7.67. The summed E-state index contributed by atoms with van der Waals surface area (Å²) in [5.74, 6) is 1.10. The zero-order chi connectivity index (χ0) is 22.0. The van der Waals surface area contributed by atoms with E-state index in [1.54, 1.807) is 37.8 Å². The Bertz CT molecular complexity index is 702. The summed E-state index contributed by atoms with van der Waals surface area (Å²) in [7, 11) is 5.16. The number of aliphatic imine (C=N–C) groups is 1. The lowest BCUT2D eigenvalue weighted by atomic mass is 10.1. The lowest BCUT2D eigenvalue weighted by Crippen LogP contribution is -2.49. The summed E-state index contributed by atoms with van der Waals surface area (Å²) in [6.45, 7) is 6.59. The average molecular weight is 442 g/mol. The molecule has 0 bridgehead atoms. The third-order valence-electron chi connectivity index (χ3n) is 3.59. The predicted octanol–water partition coefficient (Wildman–Crippen LogP) is 2.31. The van der Waals surface area contributed by atoms with Gasteiger partial charge in [-0.05, 0) is 45.0 Å². The summed E-state index contributed by atoms with van der Waals surface area (Å²) in [5.41, 5.74) is -0.307. The molecule has 0 radical (unpaired) electrons. The molecule has 2 N–H and O–H groups in total. The van der Waals surface area contributed by atoms with E-state index in [4.69, 9.17) is 11.6 Å². The van der Waals surface area contributed by atoms with Crippen molar-refractivity contribution in [3.8, 4) is 0 Å². The summed E-state index contributed by atoms with van der Waals surface area (Å²) in [6.07, 6.45) is 0. The highest BCUT2D eigenvalue weighted by Crippen LogP contribution is 2.19. The fourth-order valence-corrected chi connectivity index (χ4v) is 3.10. The number of thioether (sulfide) groups is 1. The number of benzene rings is 1. The third-order valence-corrected chi connectivity index (χ3v) is 4.85. The normalized spacial score (nSPS) is 11.8. The van der Waals surface area contributed by atoms with E-state index in [1.807, 2.05) is 45.0 Å². The first kappa shape index (κ1) is 25.1. The van der Waals surface area contributed by atoms with Gasteiger partial charge in [-0.25, -0.2) is 4.99 Å². The highest BCUT2D eigenvalue weighted by Gasteiger charge is 2.17. The molecule has 0 unspecified atom stereocenters. The van der Waals surface area contributed by atoms with Gasteiger partial charge in [-0.3, -0.25) is 9.59 Å². The van der Waals surface area contributed by atoms with Crippen LogP contribution in [-0.2, 0) is 9.59 Å². The Kier molecular flexibility index (Phi) is 10.3. The standard InChI is InChI=1S/C20H32ClN5O2S/c1-20(2,3)24-17(27)14-26(6)19(23-13-18(28)25(4)5)22-11-12-29-16-9-7-15(21)8-10-16/h7-10H,11-14H2,1-6H3,(H,22,23)(H,24,27). The van der Waals surface area contributed by atoms with Gasteiger partial charge in [-0.2, -0.15) is 0 Å². The summed E-state index contributed by atoms with van der Waals surface area (Å²) in [4.78, 5) is 32.9. The Morgan fingerprint density at radius 2 is 1.76 bits per heavy atom. The lowest BCUT2D eigenvalue weighted by molar-refractivity contribution is -0.127. The molecule has 9 heteroatoms. The molecule has 0 heterocycles. The van der Waals surface area contributed by atoms with Crippen molar-refractivity contribution < 1.29 is 9.59 Å². The number of nitrogens with one attached hydrogen (secondary N) is 2. The number of carbonyl (C=O) groups excluding carboxylic acids is 2. The van der Waals surface area contributed by atoms with Gasteiger partial charge in [0.05, 0.1) is 6.54 Å². The van der Waals surface area contributed by atoms with Crippen LogP contribution in [0.3, 0.4) is 0 Å². The lowest BCUT2D eigenvalue weighted by Gasteiger charge is -2.25. The highest BCUT2D eigenvalue weighted by atomic mass is 35.5. The van der Waals surface area contributed by atoms with E-state index in [0.717, 1.165) is 10.6 Å². The highest BCUT2D eigenvalue weighted by molar-refractivity contribution is 7.99. The van der Waals surface area contributed by atoms with Crippen molar-refractivity contribution in [1.29, 1.82) is 0 Å². The minimum absolute atomic E-state index is 0.0187. The molecule has 7 nitrogen and oxygen atoms in total. The molecule has 0 aliphatic rings. The van der Waals surface area contributed by atoms with Crippen LogP contribution in [0.5, 0.6) is 0 Å². The smallest absolute Gasteiger partial charge is 0.243 e. The SMILES string of the molecule is CN(C)C(=O)CN=C(NCCSc1ccc(Cl)cc1)N(C)CC(=O)NC(C)(C)C. The van der Waals surface area contributed by atoms with E-state index in [9.17, 15) is 9.59 Å². The maximum Gasteiger partial charge on any atom is 0.243 e. The molecule has 2 amide bonds. The minimum atomic E-state index is -0.307. The maximum absolute atomic E-state index is 12.2. The summed E-state index contributed by atoms with van der Waals surface area (Å²) in [5, 5.41) is 6.88. The first-order chi connectivity index (χ1) is 13.5. The Balaban J connectivity index is 2.66. The Morgan fingerprint density at radius 1 is 1.14 bits per heavy atom. The number of hydrogen-bond acceptors (Lipinski definition) is 4. The van der Waals surface area contributed by atoms with Crippen LogP contribution in [0.1, 0.15) is 20.8 Å². The quantitative estimate of drug-likeness (QED) is 0.280. The fraction of sp³-hybridized carbons (Fsp3) is 0.550. The van der Waals surface area contributed by atoms with Gasteiger partial charge in [-0.15, -0.1) is 11.8 Å². The second-order valence-electron chi connectivity index (χ2n) is 7.81. The van der Waals surface area contributed by atoms with Crippen molar-refractivity contribution in [1.82, 2.24) is 20.4 Å². The molecule has 1 rings (SSSR count). The molecule has 0 aliphatic heterocycles. The second-order valence-corrected chi connectivity index (χ2v) is 9.42. The van der Waals surface area contributed by atoms with Crippen molar-refractivity contribution in [2.24, 2.45) is 4.99 Å². The second kappa shape index (κ2) is 11.9. The average Bonchev–Trinajstić information content (AvgIpc) is 2.60. The Hall–Kier alpha value is -1.93. The van der Waals surface area contributed by atoms with E-state index >= 15 is 0 Å². The van der Waals surface area contributed by atoms with Gasteiger partial charge in [0.1, 0.15) is 6.54 Å². The third kappa shape index (κ3) is 11.0. The number of rotatable bonds is 8. The molecule has 0 spiro atoms.